The molecule has 0 saturated carbocycles. The number of nitrogens with one attached hydrogen (secondary N) is 2. The Morgan fingerprint density at radius 1 is 1.35 bits per heavy atom. The van der Waals surface area contributed by atoms with E-state index in [0.717, 1.165) is 16.6 Å². The minimum atomic E-state index is -0.105. The molecule has 0 bridgehead atoms. The highest BCUT2D eigenvalue weighted by Crippen LogP contribution is 2.15. The number of benzene rings is 1. The molecule has 0 aliphatic carbocycles. The van der Waals surface area contributed by atoms with Crippen molar-refractivity contribution in [1.29, 1.82) is 0 Å². The molecule has 0 saturated heterocycles. The molecule has 106 valence electrons. The van der Waals surface area contributed by atoms with Crippen molar-refractivity contribution in [2.45, 2.75) is 6.04 Å². The number of nitrogens with zero attached hydrogens (tertiary/aromatic N) is 1. The minimum absolute atomic E-state index is 0.0409. The molecule has 5 heteroatoms. The molecule has 0 aliphatic heterocycles. The average molecular weight is 336 g/mol. The van der Waals surface area contributed by atoms with Crippen LogP contribution in [-0.4, -0.2) is 36.4 Å². The predicted molar refractivity (Wildman–Crippen MR) is 83.7 cm³/mol. The van der Waals surface area contributed by atoms with Gasteiger partial charge in [-0.05, 0) is 41.7 Å². The van der Waals surface area contributed by atoms with Crippen molar-refractivity contribution in [2.75, 3.05) is 20.6 Å². The number of aromatic amines is 1. The number of carbonyl (C=O) groups excluding carboxylic acids is 1. The van der Waals surface area contributed by atoms with Gasteiger partial charge in [-0.25, -0.2) is 0 Å². The number of amides is 1. The fourth-order valence-corrected chi connectivity index (χ4v) is 2.36. The van der Waals surface area contributed by atoms with E-state index in [1.807, 2.05) is 44.4 Å². The lowest BCUT2D eigenvalue weighted by Gasteiger charge is -2.22. The topological polar surface area (TPSA) is 48.1 Å². The Labute approximate surface area is 127 Å². The maximum Gasteiger partial charge on any atom is 0.268 e. The number of hydrogen-bond donors (Lipinski definition) is 2. The molecule has 0 spiro atoms. The van der Waals surface area contributed by atoms with Crippen molar-refractivity contribution in [3.63, 3.8) is 0 Å². The van der Waals surface area contributed by atoms with E-state index in [1.54, 1.807) is 12.3 Å². The van der Waals surface area contributed by atoms with E-state index in [0.29, 0.717) is 5.69 Å². The highest BCUT2D eigenvalue weighted by molar-refractivity contribution is 9.10. The van der Waals surface area contributed by atoms with Gasteiger partial charge in [0.25, 0.3) is 5.91 Å². The fourth-order valence-electron chi connectivity index (χ4n) is 2.02. The second kappa shape index (κ2) is 6.72. The molecule has 1 unspecified atom stereocenters. The highest BCUT2D eigenvalue weighted by Gasteiger charge is 2.17. The summed E-state index contributed by atoms with van der Waals surface area (Å²) in [7, 11) is 3.99. The number of halogens is 1. The molecule has 1 heterocycles. The van der Waals surface area contributed by atoms with Crippen LogP contribution in [0.1, 0.15) is 22.1 Å². The molecule has 0 aliphatic rings. The molecule has 2 aromatic rings. The van der Waals surface area contributed by atoms with Gasteiger partial charge in [-0.15, -0.1) is 0 Å². The van der Waals surface area contributed by atoms with E-state index >= 15 is 0 Å². The SMILES string of the molecule is CN(C)CC(NC(=O)c1cc(Br)c[nH]1)c1ccccc1. The summed E-state index contributed by atoms with van der Waals surface area (Å²) in [5, 5.41) is 3.06. The van der Waals surface area contributed by atoms with Crippen molar-refractivity contribution < 1.29 is 4.79 Å². The summed E-state index contributed by atoms with van der Waals surface area (Å²) < 4.78 is 0.867. The summed E-state index contributed by atoms with van der Waals surface area (Å²) in [6.45, 7) is 0.748. The van der Waals surface area contributed by atoms with Crippen molar-refractivity contribution in [1.82, 2.24) is 15.2 Å². The molecule has 1 atom stereocenters. The Kier molecular flexibility index (Phi) is 4.98. The van der Waals surface area contributed by atoms with Gasteiger partial charge in [0.1, 0.15) is 5.69 Å². The first kappa shape index (κ1) is 14.8. The second-order valence-corrected chi connectivity index (χ2v) is 5.85. The zero-order valence-electron chi connectivity index (χ0n) is 11.6. The first-order valence-corrected chi connectivity index (χ1v) is 7.20. The predicted octanol–water partition coefficient (Wildman–Crippen LogP) is 2.81. The van der Waals surface area contributed by atoms with Crippen LogP contribution in [0, 0.1) is 0 Å². The molecule has 1 amide bonds. The first-order valence-electron chi connectivity index (χ1n) is 6.40. The Morgan fingerprint density at radius 2 is 2.05 bits per heavy atom. The van der Waals surface area contributed by atoms with Crippen LogP contribution in [0.15, 0.2) is 47.1 Å². The summed E-state index contributed by atoms with van der Waals surface area (Å²) in [5.41, 5.74) is 1.65. The Balaban J connectivity index is 2.14. The van der Waals surface area contributed by atoms with Crippen LogP contribution >= 0.6 is 15.9 Å². The van der Waals surface area contributed by atoms with Crippen molar-refractivity contribution in [3.8, 4) is 0 Å². The molecular weight excluding hydrogens is 318 g/mol. The van der Waals surface area contributed by atoms with Crippen LogP contribution in [-0.2, 0) is 0 Å². The third kappa shape index (κ3) is 3.95. The summed E-state index contributed by atoms with van der Waals surface area (Å²) in [6.07, 6.45) is 1.75. The van der Waals surface area contributed by atoms with Gasteiger partial charge in [0.05, 0.1) is 6.04 Å². The third-order valence-electron chi connectivity index (χ3n) is 2.95. The van der Waals surface area contributed by atoms with E-state index < -0.39 is 0 Å². The van der Waals surface area contributed by atoms with Gasteiger partial charge in [-0.3, -0.25) is 4.79 Å². The normalized spacial score (nSPS) is 12.4. The van der Waals surface area contributed by atoms with Crippen LogP contribution in [0.3, 0.4) is 0 Å². The standard InChI is InChI=1S/C15H18BrN3O/c1-19(2)10-14(11-6-4-3-5-7-11)18-15(20)13-8-12(16)9-17-13/h3-9,14,17H,10H2,1-2H3,(H,18,20). The molecule has 2 rings (SSSR count). The first-order chi connectivity index (χ1) is 9.56. The number of carbonyl (C=O) groups is 1. The summed E-state index contributed by atoms with van der Waals surface area (Å²) >= 11 is 3.33. The Bertz CT molecular complexity index is 566. The van der Waals surface area contributed by atoms with Crippen LogP contribution < -0.4 is 5.32 Å². The van der Waals surface area contributed by atoms with Gasteiger partial charge in [0.2, 0.25) is 0 Å². The quantitative estimate of drug-likeness (QED) is 0.882. The molecule has 20 heavy (non-hydrogen) atoms. The Morgan fingerprint density at radius 3 is 2.60 bits per heavy atom. The lowest BCUT2D eigenvalue weighted by molar-refractivity contribution is 0.0925. The zero-order valence-corrected chi connectivity index (χ0v) is 13.1. The number of aromatic nitrogens is 1. The third-order valence-corrected chi connectivity index (χ3v) is 3.41. The van der Waals surface area contributed by atoms with Gasteiger partial charge < -0.3 is 15.2 Å². The molecule has 1 aromatic heterocycles. The van der Waals surface area contributed by atoms with E-state index in [9.17, 15) is 4.79 Å². The van der Waals surface area contributed by atoms with Gasteiger partial charge in [-0.2, -0.15) is 0 Å². The smallest absolute Gasteiger partial charge is 0.268 e. The number of hydrogen-bond acceptors (Lipinski definition) is 2. The largest absolute Gasteiger partial charge is 0.356 e. The summed E-state index contributed by atoms with van der Waals surface area (Å²) in [4.78, 5) is 17.2. The average Bonchev–Trinajstić information content (AvgIpc) is 2.85. The van der Waals surface area contributed by atoms with Crippen LogP contribution in [0.2, 0.25) is 0 Å². The molecule has 2 N–H and O–H groups in total. The zero-order chi connectivity index (χ0) is 14.5. The van der Waals surface area contributed by atoms with Crippen LogP contribution in [0.5, 0.6) is 0 Å². The summed E-state index contributed by atoms with van der Waals surface area (Å²) in [6, 6.07) is 11.7. The van der Waals surface area contributed by atoms with Gasteiger partial charge in [-0.1, -0.05) is 30.3 Å². The number of likely N-dealkylation sites (N-methyl/N-ethyl adjacent to an activating group) is 1. The van der Waals surface area contributed by atoms with E-state index in [-0.39, 0.29) is 11.9 Å². The molecule has 0 fully saturated rings. The van der Waals surface area contributed by atoms with Gasteiger partial charge in [0, 0.05) is 17.2 Å². The maximum absolute atomic E-state index is 12.2. The molecule has 0 radical (unpaired) electrons. The number of rotatable bonds is 5. The summed E-state index contributed by atoms with van der Waals surface area (Å²) in [5.74, 6) is -0.105. The minimum Gasteiger partial charge on any atom is -0.356 e. The van der Waals surface area contributed by atoms with E-state index in [2.05, 4.69) is 31.1 Å². The van der Waals surface area contributed by atoms with Crippen molar-refractivity contribution in [3.05, 3.63) is 58.3 Å². The monoisotopic (exact) mass is 335 g/mol. The Hall–Kier alpha value is -1.59. The lowest BCUT2D eigenvalue weighted by Crippen LogP contribution is -2.35. The van der Waals surface area contributed by atoms with Gasteiger partial charge >= 0.3 is 0 Å². The highest BCUT2D eigenvalue weighted by atomic mass is 79.9. The lowest BCUT2D eigenvalue weighted by atomic mass is 10.1. The van der Waals surface area contributed by atoms with E-state index in [4.69, 9.17) is 0 Å². The van der Waals surface area contributed by atoms with Crippen LogP contribution in [0.4, 0.5) is 0 Å². The molecular formula is C15H18BrN3O. The molecule has 4 nitrogen and oxygen atoms in total. The van der Waals surface area contributed by atoms with Crippen LogP contribution in [0.25, 0.3) is 0 Å². The van der Waals surface area contributed by atoms with Gasteiger partial charge in [0.15, 0.2) is 0 Å². The van der Waals surface area contributed by atoms with Crippen molar-refractivity contribution in [2.24, 2.45) is 0 Å². The second-order valence-electron chi connectivity index (χ2n) is 4.93. The van der Waals surface area contributed by atoms with E-state index in [1.165, 1.54) is 0 Å². The maximum atomic E-state index is 12.2. The number of H-pyrrole nitrogens is 1. The van der Waals surface area contributed by atoms with Crippen molar-refractivity contribution >= 4 is 21.8 Å². The molecule has 1 aromatic carbocycles. The fraction of sp³-hybridized carbons (Fsp3) is 0.267.